The minimum Gasteiger partial charge on any atom is -0.408 e. The van der Waals surface area contributed by atoms with Crippen LogP contribution in [-0.4, -0.2) is 14.7 Å². The molecule has 0 saturated carbocycles. The first kappa shape index (κ1) is 13.9. The predicted molar refractivity (Wildman–Crippen MR) is 68.5 cm³/mol. The maximum atomic E-state index is 8.70. The maximum absolute atomic E-state index is 8.70. The number of hydrogen-bond donors (Lipinski definition) is 0. The van der Waals surface area contributed by atoms with Crippen LogP contribution < -0.4 is 0 Å². The van der Waals surface area contributed by atoms with Crippen molar-refractivity contribution >= 4 is 9.76 Å². The highest BCUT2D eigenvalue weighted by molar-refractivity contribution is 6.31. The number of nitriles is 1. The van der Waals surface area contributed by atoms with Crippen molar-refractivity contribution in [2.75, 3.05) is 0 Å². The topological polar surface area (TPSA) is 45.9 Å². The maximum Gasteiger partial charge on any atom is 0.236 e. The Balaban J connectivity index is 2.79. The first-order chi connectivity index (χ1) is 7.74. The molecule has 90 valence electrons. The molecule has 0 aromatic carbocycles. The SMILES string of the molecule is CC(C)(C)[Si]OC(C)(C)c1ccc(C#N)nc1. The van der Waals surface area contributed by atoms with Gasteiger partial charge in [0.2, 0.25) is 9.76 Å². The van der Waals surface area contributed by atoms with E-state index in [2.05, 4.69) is 25.8 Å². The summed E-state index contributed by atoms with van der Waals surface area (Å²) in [6, 6.07) is 5.64. The quantitative estimate of drug-likeness (QED) is 0.770. The van der Waals surface area contributed by atoms with E-state index >= 15 is 0 Å². The molecule has 0 saturated heterocycles. The van der Waals surface area contributed by atoms with Crippen LogP contribution in [0.4, 0.5) is 0 Å². The van der Waals surface area contributed by atoms with Crippen LogP contribution in [0.15, 0.2) is 18.3 Å². The molecular weight excluding hydrogens is 228 g/mol. The molecule has 1 heterocycles. The van der Waals surface area contributed by atoms with E-state index in [0.29, 0.717) is 15.5 Å². The Morgan fingerprint density at radius 1 is 1.24 bits per heavy atom. The van der Waals surface area contributed by atoms with E-state index in [1.807, 2.05) is 26.0 Å². The van der Waals surface area contributed by atoms with Gasteiger partial charge in [-0.25, -0.2) is 4.98 Å². The van der Waals surface area contributed by atoms with Crippen molar-refractivity contribution in [3.63, 3.8) is 0 Å². The fraction of sp³-hybridized carbons (Fsp3) is 0.538. The molecule has 17 heavy (non-hydrogen) atoms. The molecule has 0 aliphatic carbocycles. The lowest BCUT2D eigenvalue weighted by Crippen LogP contribution is -2.27. The highest BCUT2D eigenvalue weighted by Crippen LogP contribution is 2.28. The predicted octanol–water partition coefficient (Wildman–Crippen LogP) is 3.04. The number of rotatable bonds is 3. The molecule has 1 aromatic heterocycles. The Morgan fingerprint density at radius 2 is 1.88 bits per heavy atom. The van der Waals surface area contributed by atoms with Crippen LogP contribution in [0.1, 0.15) is 45.9 Å². The molecule has 1 rings (SSSR count). The molecule has 4 heteroatoms. The van der Waals surface area contributed by atoms with Gasteiger partial charge in [0.05, 0.1) is 5.60 Å². The van der Waals surface area contributed by atoms with E-state index in [1.54, 1.807) is 12.3 Å². The van der Waals surface area contributed by atoms with Gasteiger partial charge in [0, 0.05) is 11.8 Å². The first-order valence-electron chi connectivity index (χ1n) is 5.56. The third kappa shape index (κ3) is 4.29. The molecule has 0 aliphatic heterocycles. The van der Waals surface area contributed by atoms with Gasteiger partial charge in [-0.05, 0) is 25.0 Å². The summed E-state index contributed by atoms with van der Waals surface area (Å²) in [5, 5.41) is 8.86. The number of aromatic nitrogens is 1. The van der Waals surface area contributed by atoms with Crippen molar-refractivity contribution in [1.29, 1.82) is 5.26 Å². The number of nitrogens with zero attached hydrogens (tertiary/aromatic N) is 2. The summed E-state index contributed by atoms with van der Waals surface area (Å²) in [6.07, 6.45) is 1.71. The zero-order chi connectivity index (χ0) is 13.1. The number of hydrogen-bond acceptors (Lipinski definition) is 3. The fourth-order valence-electron chi connectivity index (χ4n) is 1.16. The van der Waals surface area contributed by atoms with Gasteiger partial charge in [-0.2, -0.15) is 5.26 Å². The van der Waals surface area contributed by atoms with Gasteiger partial charge in [-0.1, -0.05) is 26.8 Å². The summed E-state index contributed by atoms with van der Waals surface area (Å²) < 4.78 is 5.96. The van der Waals surface area contributed by atoms with E-state index in [0.717, 1.165) is 5.56 Å². The minimum atomic E-state index is -0.368. The summed E-state index contributed by atoms with van der Waals surface area (Å²) in [4.78, 5) is 4.07. The van der Waals surface area contributed by atoms with Gasteiger partial charge in [0.25, 0.3) is 0 Å². The molecule has 3 nitrogen and oxygen atoms in total. The Bertz CT molecular complexity index is 413. The van der Waals surface area contributed by atoms with Crippen molar-refractivity contribution in [3.8, 4) is 6.07 Å². The Labute approximate surface area is 106 Å². The molecule has 0 atom stereocenters. The second-order valence-electron chi connectivity index (χ2n) is 5.51. The van der Waals surface area contributed by atoms with E-state index in [9.17, 15) is 0 Å². The van der Waals surface area contributed by atoms with Crippen LogP contribution in [0.25, 0.3) is 0 Å². The van der Waals surface area contributed by atoms with Crippen LogP contribution in [0, 0.1) is 11.3 Å². The first-order valence-corrected chi connectivity index (χ1v) is 6.47. The fourth-order valence-corrected chi connectivity index (χ4v) is 1.83. The molecule has 2 radical (unpaired) electrons. The monoisotopic (exact) mass is 246 g/mol. The van der Waals surface area contributed by atoms with Crippen LogP contribution >= 0.6 is 0 Å². The minimum absolute atomic E-state index is 0.164. The molecule has 0 fully saturated rings. The van der Waals surface area contributed by atoms with Gasteiger partial charge in [-0.15, -0.1) is 0 Å². The molecule has 0 unspecified atom stereocenters. The normalized spacial score (nSPS) is 12.2. The van der Waals surface area contributed by atoms with E-state index in [-0.39, 0.29) is 10.6 Å². The average molecular weight is 246 g/mol. The molecule has 0 amide bonds. The van der Waals surface area contributed by atoms with E-state index < -0.39 is 0 Å². The molecule has 0 bridgehead atoms. The van der Waals surface area contributed by atoms with Crippen LogP contribution in [0.5, 0.6) is 0 Å². The van der Waals surface area contributed by atoms with Crippen molar-refractivity contribution in [2.45, 2.75) is 45.3 Å². The van der Waals surface area contributed by atoms with Crippen LogP contribution in [0.2, 0.25) is 5.04 Å². The van der Waals surface area contributed by atoms with Gasteiger partial charge in [-0.3, -0.25) is 0 Å². The van der Waals surface area contributed by atoms with Crippen LogP contribution in [0.3, 0.4) is 0 Å². The van der Waals surface area contributed by atoms with E-state index in [1.165, 1.54) is 0 Å². The van der Waals surface area contributed by atoms with Crippen molar-refractivity contribution in [3.05, 3.63) is 29.6 Å². The second-order valence-corrected chi connectivity index (χ2v) is 7.42. The summed E-state index contributed by atoms with van der Waals surface area (Å²) in [5.41, 5.74) is 1.06. The van der Waals surface area contributed by atoms with Gasteiger partial charge >= 0.3 is 0 Å². The van der Waals surface area contributed by atoms with Crippen LogP contribution in [-0.2, 0) is 10.0 Å². The second kappa shape index (κ2) is 4.99. The zero-order valence-corrected chi connectivity index (χ0v) is 12.0. The largest absolute Gasteiger partial charge is 0.408 e. The molecular formula is C13H18N2OSi. The van der Waals surface area contributed by atoms with Crippen molar-refractivity contribution in [1.82, 2.24) is 4.98 Å². The third-order valence-electron chi connectivity index (χ3n) is 2.19. The smallest absolute Gasteiger partial charge is 0.236 e. The highest BCUT2D eigenvalue weighted by Gasteiger charge is 2.25. The summed E-state index contributed by atoms with van der Waals surface area (Å²) in [6.45, 7) is 10.5. The Kier molecular flexibility index (Phi) is 4.07. The molecule has 0 aliphatic rings. The summed E-state index contributed by atoms with van der Waals surface area (Å²) >= 11 is 0. The van der Waals surface area contributed by atoms with Gasteiger partial charge < -0.3 is 4.43 Å². The standard InChI is InChI=1S/C13H18N2OSi/c1-12(2,3)17-16-13(4,5)10-6-7-11(8-14)15-9-10/h6-7,9H,1-5H3. The lowest BCUT2D eigenvalue weighted by atomic mass is 10.0. The highest BCUT2D eigenvalue weighted by atomic mass is 28.2. The summed E-state index contributed by atoms with van der Waals surface area (Å²) in [5.74, 6) is 0. The Morgan fingerprint density at radius 3 is 2.29 bits per heavy atom. The zero-order valence-electron chi connectivity index (χ0n) is 11.0. The van der Waals surface area contributed by atoms with Gasteiger partial charge in [0.15, 0.2) is 0 Å². The summed E-state index contributed by atoms with van der Waals surface area (Å²) in [7, 11) is 0.423. The van der Waals surface area contributed by atoms with Gasteiger partial charge in [0.1, 0.15) is 11.8 Å². The van der Waals surface area contributed by atoms with E-state index in [4.69, 9.17) is 9.69 Å². The number of pyridine rings is 1. The lowest BCUT2D eigenvalue weighted by molar-refractivity contribution is 0.109. The lowest BCUT2D eigenvalue weighted by Gasteiger charge is -2.29. The average Bonchev–Trinajstić information content (AvgIpc) is 2.26. The molecule has 1 aromatic rings. The molecule has 0 N–H and O–H groups in total. The van der Waals surface area contributed by atoms with Crippen molar-refractivity contribution in [2.24, 2.45) is 0 Å². The Hall–Kier alpha value is -1.18. The molecule has 0 spiro atoms. The van der Waals surface area contributed by atoms with Crippen molar-refractivity contribution < 1.29 is 4.43 Å². The third-order valence-corrected chi connectivity index (χ3v) is 3.41.